The highest BCUT2D eigenvalue weighted by molar-refractivity contribution is 5.54. The van der Waals surface area contributed by atoms with Gasteiger partial charge in [0.2, 0.25) is 0 Å². The minimum absolute atomic E-state index is 0.407. The van der Waals surface area contributed by atoms with Crippen LogP contribution in [0, 0.1) is 6.92 Å². The number of azide groups is 1. The molecular weight excluding hydrogens is 176 g/mol. The molecule has 0 aliphatic rings. The van der Waals surface area contributed by atoms with E-state index in [-0.39, 0.29) is 0 Å². The van der Waals surface area contributed by atoms with Gasteiger partial charge in [0.05, 0.1) is 6.54 Å². The number of benzene rings is 1. The number of nitrogens with zero attached hydrogens (tertiary/aromatic N) is 4. The highest BCUT2D eigenvalue weighted by atomic mass is 15.1. The fourth-order valence-electron chi connectivity index (χ4n) is 1.33. The molecular formula is C10H14N4. The van der Waals surface area contributed by atoms with Gasteiger partial charge >= 0.3 is 0 Å². The van der Waals surface area contributed by atoms with Crippen molar-refractivity contribution in [3.8, 4) is 0 Å². The first-order chi connectivity index (χ1) is 6.65. The summed E-state index contributed by atoms with van der Waals surface area (Å²) in [5.74, 6) is 0. The monoisotopic (exact) mass is 190 g/mol. The van der Waals surface area contributed by atoms with Gasteiger partial charge in [-0.25, -0.2) is 0 Å². The van der Waals surface area contributed by atoms with Crippen LogP contribution in [0.25, 0.3) is 10.4 Å². The SMILES string of the molecule is Cc1ccc(CN=[N+]=[N-])c(N(C)C)c1. The first-order valence-electron chi connectivity index (χ1n) is 4.43. The maximum atomic E-state index is 8.26. The fraction of sp³-hybridized carbons (Fsp3) is 0.400. The highest BCUT2D eigenvalue weighted by Gasteiger charge is 2.03. The topological polar surface area (TPSA) is 52.0 Å². The van der Waals surface area contributed by atoms with Gasteiger partial charge in [-0.15, -0.1) is 0 Å². The number of hydrogen-bond donors (Lipinski definition) is 0. The van der Waals surface area contributed by atoms with Crippen molar-refractivity contribution in [2.75, 3.05) is 19.0 Å². The highest BCUT2D eigenvalue weighted by Crippen LogP contribution is 2.20. The van der Waals surface area contributed by atoms with Gasteiger partial charge in [-0.05, 0) is 29.6 Å². The summed E-state index contributed by atoms with van der Waals surface area (Å²) in [5.41, 5.74) is 11.6. The average Bonchev–Trinajstić information content (AvgIpc) is 2.15. The molecule has 0 atom stereocenters. The second-order valence-electron chi connectivity index (χ2n) is 3.42. The third-order valence-corrected chi connectivity index (χ3v) is 2.03. The van der Waals surface area contributed by atoms with Crippen LogP contribution >= 0.6 is 0 Å². The molecule has 0 heterocycles. The summed E-state index contributed by atoms with van der Waals surface area (Å²) in [6.45, 7) is 2.45. The molecule has 0 saturated carbocycles. The zero-order valence-electron chi connectivity index (χ0n) is 8.73. The summed E-state index contributed by atoms with van der Waals surface area (Å²) in [5, 5.41) is 3.57. The van der Waals surface area contributed by atoms with Gasteiger partial charge in [-0.1, -0.05) is 17.2 Å². The van der Waals surface area contributed by atoms with E-state index in [1.165, 1.54) is 5.56 Å². The van der Waals surface area contributed by atoms with Crippen LogP contribution in [0.15, 0.2) is 23.3 Å². The molecule has 0 unspecified atom stereocenters. The lowest BCUT2D eigenvalue weighted by Crippen LogP contribution is -2.11. The van der Waals surface area contributed by atoms with Crippen LogP contribution in [0.3, 0.4) is 0 Å². The molecule has 4 nitrogen and oxygen atoms in total. The van der Waals surface area contributed by atoms with Crippen LogP contribution in [-0.2, 0) is 6.54 Å². The molecule has 0 fully saturated rings. The van der Waals surface area contributed by atoms with Crippen LogP contribution in [0.5, 0.6) is 0 Å². The van der Waals surface area contributed by atoms with E-state index in [1.54, 1.807) is 0 Å². The van der Waals surface area contributed by atoms with E-state index in [4.69, 9.17) is 5.53 Å². The lowest BCUT2D eigenvalue weighted by atomic mass is 10.1. The van der Waals surface area contributed by atoms with E-state index in [0.717, 1.165) is 11.3 Å². The summed E-state index contributed by atoms with van der Waals surface area (Å²) < 4.78 is 0. The maximum Gasteiger partial charge on any atom is 0.0531 e. The molecule has 14 heavy (non-hydrogen) atoms. The zero-order valence-corrected chi connectivity index (χ0v) is 8.73. The molecule has 0 radical (unpaired) electrons. The van der Waals surface area contributed by atoms with Crippen LogP contribution in [0.1, 0.15) is 11.1 Å². The second kappa shape index (κ2) is 4.53. The van der Waals surface area contributed by atoms with Crippen molar-refractivity contribution in [3.63, 3.8) is 0 Å². The molecule has 0 spiro atoms. The normalized spacial score (nSPS) is 9.36. The van der Waals surface area contributed by atoms with E-state index in [9.17, 15) is 0 Å². The molecule has 0 N–H and O–H groups in total. The van der Waals surface area contributed by atoms with Gasteiger partial charge in [0.1, 0.15) is 0 Å². The molecule has 0 saturated heterocycles. The minimum atomic E-state index is 0.407. The maximum absolute atomic E-state index is 8.26. The Labute approximate surface area is 83.8 Å². The van der Waals surface area contributed by atoms with E-state index >= 15 is 0 Å². The number of rotatable bonds is 3. The van der Waals surface area contributed by atoms with Gasteiger partial charge in [0.15, 0.2) is 0 Å². The van der Waals surface area contributed by atoms with E-state index in [0.29, 0.717) is 6.54 Å². The molecule has 74 valence electrons. The number of hydrogen-bond acceptors (Lipinski definition) is 2. The molecule has 4 heteroatoms. The van der Waals surface area contributed by atoms with Gasteiger partial charge < -0.3 is 4.90 Å². The van der Waals surface area contributed by atoms with Gasteiger partial charge in [0.25, 0.3) is 0 Å². The van der Waals surface area contributed by atoms with E-state index < -0.39 is 0 Å². The largest absolute Gasteiger partial charge is 0.377 e. The Morgan fingerprint density at radius 1 is 1.43 bits per heavy atom. The van der Waals surface area contributed by atoms with Crippen LogP contribution in [0.4, 0.5) is 5.69 Å². The average molecular weight is 190 g/mol. The Morgan fingerprint density at radius 2 is 2.14 bits per heavy atom. The fourth-order valence-corrected chi connectivity index (χ4v) is 1.33. The van der Waals surface area contributed by atoms with E-state index in [1.807, 2.05) is 38.1 Å². The van der Waals surface area contributed by atoms with Gasteiger partial charge in [-0.2, -0.15) is 0 Å². The summed E-state index contributed by atoms with van der Waals surface area (Å²) in [6.07, 6.45) is 0. The van der Waals surface area contributed by atoms with E-state index in [2.05, 4.69) is 16.1 Å². The standard InChI is InChI=1S/C10H14N4/c1-8-4-5-9(7-12-13-11)10(6-8)14(2)3/h4-6H,7H2,1-3H3. The second-order valence-corrected chi connectivity index (χ2v) is 3.42. The molecule has 0 aliphatic carbocycles. The molecule has 1 aromatic carbocycles. The summed E-state index contributed by atoms with van der Waals surface area (Å²) in [7, 11) is 3.96. The third kappa shape index (κ3) is 2.41. The molecule has 1 aromatic rings. The Kier molecular flexibility index (Phi) is 3.37. The van der Waals surface area contributed by atoms with Crippen molar-refractivity contribution in [3.05, 3.63) is 39.8 Å². The van der Waals surface area contributed by atoms with Gasteiger partial charge in [-0.3, -0.25) is 0 Å². The first-order valence-corrected chi connectivity index (χ1v) is 4.43. The molecule has 0 bridgehead atoms. The summed E-state index contributed by atoms with van der Waals surface area (Å²) in [4.78, 5) is 4.78. The van der Waals surface area contributed by atoms with Crippen molar-refractivity contribution < 1.29 is 0 Å². The van der Waals surface area contributed by atoms with Crippen LogP contribution in [-0.4, -0.2) is 14.1 Å². The Morgan fingerprint density at radius 3 is 2.71 bits per heavy atom. The summed E-state index contributed by atoms with van der Waals surface area (Å²) >= 11 is 0. The quantitative estimate of drug-likeness (QED) is 0.410. The molecule has 0 aliphatic heterocycles. The zero-order chi connectivity index (χ0) is 10.6. The molecule has 1 rings (SSSR count). The Bertz CT molecular complexity index is 364. The lowest BCUT2D eigenvalue weighted by Gasteiger charge is -2.17. The first kappa shape index (κ1) is 10.4. The van der Waals surface area contributed by atoms with Gasteiger partial charge in [0, 0.05) is 24.7 Å². The smallest absolute Gasteiger partial charge is 0.0531 e. The predicted octanol–water partition coefficient (Wildman–Crippen LogP) is 2.87. The van der Waals surface area contributed by atoms with Crippen molar-refractivity contribution in [1.82, 2.24) is 0 Å². The van der Waals surface area contributed by atoms with Crippen molar-refractivity contribution in [1.29, 1.82) is 0 Å². The Hall–Kier alpha value is -1.67. The third-order valence-electron chi connectivity index (χ3n) is 2.03. The minimum Gasteiger partial charge on any atom is -0.377 e. The van der Waals surface area contributed by atoms with Crippen molar-refractivity contribution in [2.45, 2.75) is 13.5 Å². The van der Waals surface area contributed by atoms with Crippen molar-refractivity contribution in [2.24, 2.45) is 5.11 Å². The number of anilines is 1. The summed E-state index contributed by atoms with van der Waals surface area (Å²) in [6, 6.07) is 6.11. The number of aryl methyl sites for hydroxylation is 1. The van der Waals surface area contributed by atoms with Crippen LogP contribution in [0.2, 0.25) is 0 Å². The molecule has 0 aromatic heterocycles. The lowest BCUT2D eigenvalue weighted by molar-refractivity contribution is 1.01. The van der Waals surface area contributed by atoms with Crippen LogP contribution < -0.4 is 4.90 Å². The predicted molar refractivity (Wildman–Crippen MR) is 58.4 cm³/mol. The Balaban J connectivity index is 3.07. The van der Waals surface area contributed by atoms with Crippen molar-refractivity contribution >= 4 is 5.69 Å². The molecule has 0 amide bonds.